The molecule has 2 N–H and O–H groups in total. The van der Waals surface area contributed by atoms with Crippen LogP contribution in [0.25, 0.3) is 44.3 Å². The number of phenols is 2. The molecule has 4 nitrogen and oxygen atoms in total. The first-order valence-corrected chi connectivity index (χ1v) is 13.6. The first-order chi connectivity index (χ1) is 19.9. The van der Waals surface area contributed by atoms with Gasteiger partial charge in [0.1, 0.15) is 11.5 Å². The summed E-state index contributed by atoms with van der Waals surface area (Å²) in [5.74, 6) is 0.354. The van der Waals surface area contributed by atoms with Crippen LogP contribution in [0.4, 0.5) is 5.69 Å². The Morgan fingerprint density at radius 2 is 1.36 bits per heavy atom. The van der Waals surface area contributed by atoms with E-state index < -0.39 is 0 Å². The van der Waals surface area contributed by atoms with Gasteiger partial charge in [-0.05, 0) is 102 Å². The van der Waals surface area contributed by atoms with Crippen LogP contribution in [0.5, 0.6) is 11.5 Å². The molecule has 0 saturated carbocycles. The van der Waals surface area contributed by atoms with Crippen LogP contribution < -0.4 is 0 Å². The number of rotatable bonds is 5. The molecule has 1 heterocycles. The first kappa shape index (κ1) is 29.0. The molecular weight excluding hydrogens is 699 g/mol. The Hall–Kier alpha value is -4.53. The number of fused-ring (bicyclic) bond motifs is 1. The normalized spacial score (nSPS) is 11.1. The smallest absolute Gasteiger partial charge is 0.126 e. The molecular formula is C37H30N2O2Pt. The van der Waals surface area contributed by atoms with Crippen LogP contribution in [0, 0.1) is 20.8 Å². The van der Waals surface area contributed by atoms with Gasteiger partial charge < -0.3 is 10.2 Å². The van der Waals surface area contributed by atoms with Crippen LogP contribution in [0.2, 0.25) is 0 Å². The second kappa shape index (κ2) is 12.1. The molecule has 0 spiro atoms. The minimum Gasteiger partial charge on any atom is -0.507 e. The molecule has 0 atom stereocenters. The van der Waals surface area contributed by atoms with Crippen molar-refractivity contribution >= 4 is 22.7 Å². The van der Waals surface area contributed by atoms with E-state index in [2.05, 4.69) is 39.0 Å². The molecule has 0 fully saturated rings. The number of hydrogen-bond acceptors (Lipinski definition) is 4. The van der Waals surface area contributed by atoms with Crippen molar-refractivity contribution in [3.8, 4) is 45.0 Å². The molecule has 5 heteroatoms. The van der Waals surface area contributed by atoms with Crippen molar-refractivity contribution in [2.45, 2.75) is 20.8 Å². The van der Waals surface area contributed by atoms with Crippen molar-refractivity contribution in [2.75, 3.05) is 0 Å². The van der Waals surface area contributed by atoms with Crippen LogP contribution in [-0.2, 0) is 21.1 Å². The maximum Gasteiger partial charge on any atom is 0.126 e. The Labute approximate surface area is 260 Å². The summed E-state index contributed by atoms with van der Waals surface area (Å²) in [5.41, 5.74) is 10.3. The van der Waals surface area contributed by atoms with Crippen molar-refractivity contribution in [1.29, 1.82) is 0 Å². The van der Waals surface area contributed by atoms with Gasteiger partial charge in [0.25, 0.3) is 0 Å². The Morgan fingerprint density at radius 3 is 2.10 bits per heavy atom. The molecule has 0 aliphatic carbocycles. The molecule has 6 aromatic rings. The molecule has 0 aliphatic heterocycles. The quantitative estimate of drug-likeness (QED) is 0.174. The summed E-state index contributed by atoms with van der Waals surface area (Å²) >= 11 is 0. The average molecular weight is 730 g/mol. The van der Waals surface area contributed by atoms with Crippen LogP contribution in [0.3, 0.4) is 0 Å². The van der Waals surface area contributed by atoms with Gasteiger partial charge in [0.2, 0.25) is 0 Å². The van der Waals surface area contributed by atoms with Gasteiger partial charge in [-0.25, -0.2) is 4.98 Å². The first-order valence-electron chi connectivity index (χ1n) is 13.6. The summed E-state index contributed by atoms with van der Waals surface area (Å²) in [7, 11) is 0. The van der Waals surface area contributed by atoms with Gasteiger partial charge in [-0.3, -0.25) is 4.99 Å². The summed E-state index contributed by atoms with van der Waals surface area (Å²) in [6.07, 6.45) is 1.71. The zero-order chi connectivity index (χ0) is 28.5. The number of aryl methyl sites for hydroxylation is 3. The van der Waals surface area contributed by atoms with Gasteiger partial charge in [0.05, 0.1) is 23.3 Å². The van der Waals surface area contributed by atoms with Gasteiger partial charge in [-0.15, -0.1) is 0 Å². The number of phenolic OH excluding ortho intramolecular Hbond substituents is 2. The Bertz CT molecular complexity index is 1930. The predicted octanol–water partition coefficient (Wildman–Crippen LogP) is 9.32. The fourth-order valence-electron chi connectivity index (χ4n) is 5.65. The summed E-state index contributed by atoms with van der Waals surface area (Å²) in [5, 5.41) is 23.4. The van der Waals surface area contributed by atoms with Gasteiger partial charge in [0.15, 0.2) is 0 Å². The van der Waals surface area contributed by atoms with E-state index in [9.17, 15) is 10.2 Å². The summed E-state index contributed by atoms with van der Waals surface area (Å²) < 4.78 is 0. The van der Waals surface area contributed by atoms with Crippen molar-refractivity contribution in [3.63, 3.8) is 0 Å². The third kappa shape index (κ3) is 5.77. The number of pyridine rings is 1. The molecule has 0 amide bonds. The number of benzene rings is 5. The SMILES string of the molecule is Cc1cc(C)c(-c2cc(O)c3c(N=Cc4cc(-c5ccccc5)cc(-c5ccccc5O)n4)cccc3c2)c(C)c1.[Pt]. The maximum atomic E-state index is 11.2. The van der Waals surface area contributed by atoms with E-state index in [1.165, 1.54) is 16.7 Å². The van der Waals surface area contributed by atoms with Gasteiger partial charge in [-0.1, -0.05) is 72.3 Å². The molecule has 0 radical (unpaired) electrons. The maximum absolute atomic E-state index is 11.2. The summed E-state index contributed by atoms with van der Waals surface area (Å²) in [4.78, 5) is 9.61. The monoisotopic (exact) mass is 729 g/mol. The van der Waals surface area contributed by atoms with E-state index in [1.54, 1.807) is 18.3 Å². The standard InChI is InChI=1S/C37H30N2O2.Pt/c1-23-16-24(2)36(25(3)17-23)29-18-27-12-9-14-32(37(27)35(41)21-29)38-22-30-19-28(26-10-5-4-6-11-26)20-33(39-30)31-13-7-8-15-34(31)40;/h4-22,40-41H,1-3H3;. The van der Waals surface area contributed by atoms with E-state index in [0.717, 1.165) is 27.6 Å². The van der Waals surface area contributed by atoms with Crippen LogP contribution >= 0.6 is 0 Å². The van der Waals surface area contributed by atoms with Gasteiger partial charge >= 0.3 is 0 Å². The predicted molar refractivity (Wildman–Crippen MR) is 169 cm³/mol. The number of aromatic nitrogens is 1. The topological polar surface area (TPSA) is 65.7 Å². The average Bonchev–Trinajstić information content (AvgIpc) is 2.96. The number of para-hydroxylation sites is 1. The van der Waals surface area contributed by atoms with Crippen molar-refractivity contribution in [2.24, 2.45) is 4.99 Å². The zero-order valence-electron chi connectivity index (χ0n) is 23.6. The summed E-state index contributed by atoms with van der Waals surface area (Å²) in [6, 6.07) is 35.3. The Kier molecular flexibility index (Phi) is 8.38. The fourth-order valence-corrected chi connectivity index (χ4v) is 5.65. The van der Waals surface area contributed by atoms with E-state index in [1.807, 2.05) is 78.9 Å². The van der Waals surface area contributed by atoms with Gasteiger partial charge in [-0.2, -0.15) is 0 Å². The minimum absolute atomic E-state index is 0. The second-order valence-electron chi connectivity index (χ2n) is 10.5. The molecule has 0 saturated heterocycles. The van der Waals surface area contributed by atoms with Crippen LogP contribution in [0.1, 0.15) is 22.4 Å². The minimum atomic E-state index is 0. The van der Waals surface area contributed by atoms with Crippen molar-refractivity contribution < 1.29 is 31.3 Å². The van der Waals surface area contributed by atoms with Crippen LogP contribution in [0.15, 0.2) is 114 Å². The van der Waals surface area contributed by atoms with E-state index >= 15 is 0 Å². The molecule has 210 valence electrons. The molecule has 0 aliphatic rings. The number of nitrogens with zero attached hydrogens (tertiary/aromatic N) is 2. The van der Waals surface area contributed by atoms with Crippen molar-refractivity contribution in [3.05, 3.63) is 132 Å². The number of aromatic hydroxyl groups is 2. The molecule has 1 aromatic heterocycles. The number of aliphatic imine (C=N–C) groups is 1. The number of hydrogen-bond donors (Lipinski definition) is 2. The van der Waals surface area contributed by atoms with E-state index in [4.69, 9.17) is 9.98 Å². The Balaban J connectivity index is 0.00000353. The second-order valence-corrected chi connectivity index (χ2v) is 10.5. The Morgan fingerprint density at radius 1 is 0.643 bits per heavy atom. The third-order valence-corrected chi connectivity index (χ3v) is 7.37. The summed E-state index contributed by atoms with van der Waals surface area (Å²) in [6.45, 7) is 6.32. The van der Waals surface area contributed by atoms with Crippen molar-refractivity contribution in [1.82, 2.24) is 4.98 Å². The van der Waals surface area contributed by atoms with E-state index in [-0.39, 0.29) is 32.6 Å². The molecule has 42 heavy (non-hydrogen) atoms. The largest absolute Gasteiger partial charge is 0.507 e. The molecule has 0 unspecified atom stereocenters. The third-order valence-electron chi connectivity index (χ3n) is 7.37. The van der Waals surface area contributed by atoms with E-state index in [0.29, 0.717) is 28.0 Å². The molecule has 0 bridgehead atoms. The fraction of sp³-hybridized carbons (Fsp3) is 0.0811. The molecule has 5 aromatic carbocycles. The molecule has 6 rings (SSSR count). The van der Waals surface area contributed by atoms with Gasteiger partial charge in [0, 0.05) is 32.0 Å². The zero-order valence-corrected chi connectivity index (χ0v) is 25.8. The van der Waals surface area contributed by atoms with Crippen LogP contribution in [-0.4, -0.2) is 21.4 Å².